The second kappa shape index (κ2) is 8.84. The molecule has 0 saturated carbocycles. The molecule has 0 saturated heterocycles. The minimum atomic E-state index is -3.88. The van der Waals surface area contributed by atoms with Gasteiger partial charge in [0.15, 0.2) is 0 Å². The van der Waals surface area contributed by atoms with E-state index in [-0.39, 0.29) is 16.5 Å². The molecule has 0 unspecified atom stereocenters. The van der Waals surface area contributed by atoms with Crippen LogP contribution in [0.4, 0.5) is 11.4 Å². The molecule has 6 nitrogen and oxygen atoms in total. The molecule has 32 heavy (non-hydrogen) atoms. The Bertz CT molecular complexity index is 1270. The quantitative estimate of drug-likeness (QED) is 0.566. The van der Waals surface area contributed by atoms with Crippen LogP contribution in [0, 0.1) is 6.92 Å². The van der Waals surface area contributed by atoms with Crippen molar-refractivity contribution in [3.8, 4) is 5.75 Å². The van der Waals surface area contributed by atoms with E-state index in [0.717, 1.165) is 23.2 Å². The monoisotopic (exact) mass is 470 g/mol. The predicted molar refractivity (Wildman–Crippen MR) is 126 cm³/mol. The van der Waals surface area contributed by atoms with Gasteiger partial charge in [-0.05, 0) is 73.9 Å². The second-order valence-electron chi connectivity index (χ2n) is 7.67. The van der Waals surface area contributed by atoms with Gasteiger partial charge in [0.2, 0.25) is 0 Å². The summed E-state index contributed by atoms with van der Waals surface area (Å²) in [6.07, 6.45) is 1.44. The Morgan fingerprint density at radius 1 is 1.06 bits per heavy atom. The minimum absolute atomic E-state index is 0.0941. The van der Waals surface area contributed by atoms with Crippen molar-refractivity contribution in [2.75, 3.05) is 23.3 Å². The van der Waals surface area contributed by atoms with Crippen molar-refractivity contribution in [2.24, 2.45) is 0 Å². The summed E-state index contributed by atoms with van der Waals surface area (Å²) >= 11 is 6.02. The molecule has 166 valence electrons. The van der Waals surface area contributed by atoms with Gasteiger partial charge in [0.25, 0.3) is 15.9 Å². The molecule has 0 radical (unpaired) electrons. The molecule has 0 spiro atoms. The predicted octanol–water partition coefficient (Wildman–Crippen LogP) is 5.05. The number of nitrogens with zero attached hydrogens (tertiary/aromatic N) is 1. The van der Waals surface area contributed by atoms with Gasteiger partial charge in [0.1, 0.15) is 5.75 Å². The molecule has 3 aromatic rings. The fraction of sp³-hybridized carbons (Fsp3) is 0.208. The van der Waals surface area contributed by atoms with E-state index in [0.29, 0.717) is 29.3 Å². The first-order valence-corrected chi connectivity index (χ1v) is 12.0. The van der Waals surface area contributed by atoms with Gasteiger partial charge in [0, 0.05) is 22.8 Å². The lowest BCUT2D eigenvalue weighted by Gasteiger charge is -2.30. The van der Waals surface area contributed by atoms with Crippen LogP contribution < -0.4 is 14.4 Å². The molecule has 8 heteroatoms. The summed E-state index contributed by atoms with van der Waals surface area (Å²) in [6.45, 7) is 2.56. The standard InChI is InChI=1S/C24H23ClN2O4S/c1-16-5-7-17(8-6-16)24(28)27-13-3-4-18-14-20(10-11-22(18)27)32(29,30)26-21-15-19(25)9-12-23(21)31-2/h5-12,14-15,26H,3-4,13H2,1-2H3. The lowest BCUT2D eigenvalue weighted by Crippen LogP contribution is -2.35. The number of halogens is 1. The highest BCUT2D eigenvalue weighted by Crippen LogP contribution is 2.33. The summed E-state index contributed by atoms with van der Waals surface area (Å²) in [4.78, 5) is 14.9. The average Bonchev–Trinajstić information content (AvgIpc) is 2.78. The Morgan fingerprint density at radius 3 is 2.53 bits per heavy atom. The van der Waals surface area contributed by atoms with Crippen molar-refractivity contribution in [1.29, 1.82) is 0 Å². The zero-order chi connectivity index (χ0) is 22.9. The van der Waals surface area contributed by atoms with Crippen LogP contribution in [0.2, 0.25) is 5.02 Å². The number of amides is 1. The van der Waals surface area contributed by atoms with Gasteiger partial charge >= 0.3 is 0 Å². The summed E-state index contributed by atoms with van der Waals surface area (Å²) in [6, 6.07) is 17.0. The van der Waals surface area contributed by atoms with Gasteiger partial charge < -0.3 is 9.64 Å². The molecule has 0 fully saturated rings. The Kier molecular flexibility index (Phi) is 6.13. The summed E-state index contributed by atoms with van der Waals surface area (Å²) in [5.41, 5.74) is 3.50. The van der Waals surface area contributed by atoms with E-state index in [9.17, 15) is 13.2 Å². The smallest absolute Gasteiger partial charge is 0.262 e. The molecule has 1 aliphatic rings. The summed E-state index contributed by atoms with van der Waals surface area (Å²) in [7, 11) is -2.42. The van der Waals surface area contributed by atoms with E-state index in [1.54, 1.807) is 29.2 Å². The molecule has 0 bridgehead atoms. The molecule has 0 aliphatic carbocycles. The first-order valence-electron chi connectivity index (χ1n) is 10.2. The number of carbonyl (C=O) groups excluding carboxylic acids is 1. The van der Waals surface area contributed by atoms with E-state index in [2.05, 4.69) is 4.72 Å². The van der Waals surface area contributed by atoms with Crippen LogP contribution >= 0.6 is 11.6 Å². The maximum atomic E-state index is 13.1. The molecule has 4 rings (SSSR count). The zero-order valence-corrected chi connectivity index (χ0v) is 19.3. The van der Waals surface area contributed by atoms with Crippen LogP contribution in [0.25, 0.3) is 0 Å². The molecule has 1 N–H and O–H groups in total. The van der Waals surface area contributed by atoms with E-state index >= 15 is 0 Å². The van der Waals surface area contributed by atoms with Crippen molar-refractivity contribution in [2.45, 2.75) is 24.7 Å². The number of nitrogens with one attached hydrogen (secondary N) is 1. The Morgan fingerprint density at radius 2 is 1.81 bits per heavy atom. The number of benzene rings is 3. The summed E-state index contributed by atoms with van der Waals surface area (Å²) in [5.74, 6) is 0.272. The van der Waals surface area contributed by atoms with E-state index in [1.165, 1.54) is 19.2 Å². The highest BCUT2D eigenvalue weighted by molar-refractivity contribution is 7.92. The number of sulfonamides is 1. The maximum absolute atomic E-state index is 13.1. The van der Waals surface area contributed by atoms with Crippen molar-refractivity contribution >= 4 is 38.9 Å². The molecule has 1 heterocycles. The average molecular weight is 471 g/mol. The Labute approximate surface area is 192 Å². The van der Waals surface area contributed by atoms with Gasteiger partial charge in [-0.25, -0.2) is 8.42 Å². The third kappa shape index (κ3) is 4.45. The largest absolute Gasteiger partial charge is 0.495 e. The zero-order valence-electron chi connectivity index (χ0n) is 17.8. The van der Waals surface area contributed by atoms with Gasteiger partial charge in [-0.1, -0.05) is 29.3 Å². The fourth-order valence-corrected chi connectivity index (χ4v) is 5.05. The molecular weight excluding hydrogens is 448 g/mol. The maximum Gasteiger partial charge on any atom is 0.262 e. The van der Waals surface area contributed by atoms with Crippen LogP contribution in [-0.2, 0) is 16.4 Å². The van der Waals surface area contributed by atoms with Crippen molar-refractivity contribution in [3.63, 3.8) is 0 Å². The third-order valence-corrected chi connectivity index (χ3v) is 7.03. The van der Waals surface area contributed by atoms with Crippen LogP contribution in [0.5, 0.6) is 5.75 Å². The van der Waals surface area contributed by atoms with Crippen molar-refractivity contribution in [3.05, 3.63) is 82.4 Å². The van der Waals surface area contributed by atoms with Crippen molar-refractivity contribution in [1.82, 2.24) is 0 Å². The Balaban J connectivity index is 1.64. The minimum Gasteiger partial charge on any atom is -0.495 e. The molecule has 1 aliphatic heterocycles. The molecular formula is C24H23ClN2O4S. The molecule has 0 aromatic heterocycles. The van der Waals surface area contributed by atoms with Crippen molar-refractivity contribution < 1.29 is 17.9 Å². The number of ether oxygens (including phenoxy) is 1. The highest BCUT2D eigenvalue weighted by Gasteiger charge is 2.26. The van der Waals surface area contributed by atoms with E-state index < -0.39 is 10.0 Å². The van der Waals surface area contributed by atoms with Crippen LogP contribution in [-0.4, -0.2) is 28.0 Å². The number of fused-ring (bicyclic) bond motifs is 1. The first kappa shape index (κ1) is 22.2. The number of anilines is 2. The first-order chi connectivity index (χ1) is 15.3. The second-order valence-corrected chi connectivity index (χ2v) is 9.79. The van der Waals surface area contributed by atoms with Crippen LogP contribution in [0.15, 0.2) is 65.6 Å². The van der Waals surface area contributed by atoms with Gasteiger partial charge in [-0.2, -0.15) is 0 Å². The van der Waals surface area contributed by atoms with E-state index in [1.807, 2.05) is 31.2 Å². The van der Waals surface area contributed by atoms with Crippen LogP contribution in [0.3, 0.4) is 0 Å². The topological polar surface area (TPSA) is 75.7 Å². The number of aryl methyl sites for hydroxylation is 2. The fourth-order valence-electron chi connectivity index (χ4n) is 3.77. The molecule has 3 aromatic carbocycles. The normalized spacial score (nSPS) is 13.4. The van der Waals surface area contributed by atoms with Gasteiger partial charge in [0.05, 0.1) is 17.7 Å². The number of hydrogen-bond acceptors (Lipinski definition) is 4. The molecule has 0 atom stereocenters. The number of carbonyl (C=O) groups is 1. The summed E-state index contributed by atoms with van der Waals surface area (Å²) < 4.78 is 33.9. The van der Waals surface area contributed by atoms with E-state index in [4.69, 9.17) is 16.3 Å². The Hall–Kier alpha value is -3.03. The third-order valence-electron chi connectivity index (χ3n) is 5.43. The van der Waals surface area contributed by atoms with Crippen LogP contribution in [0.1, 0.15) is 27.9 Å². The lowest BCUT2D eigenvalue weighted by atomic mass is 10.0. The number of hydrogen-bond donors (Lipinski definition) is 1. The number of rotatable bonds is 5. The summed E-state index contributed by atoms with van der Waals surface area (Å²) in [5, 5.41) is 0.388. The number of methoxy groups -OCH3 is 1. The highest BCUT2D eigenvalue weighted by atomic mass is 35.5. The van der Waals surface area contributed by atoms with Gasteiger partial charge in [-0.3, -0.25) is 9.52 Å². The SMILES string of the molecule is COc1ccc(Cl)cc1NS(=O)(=O)c1ccc2c(c1)CCCN2C(=O)c1ccc(C)cc1. The van der Waals surface area contributed by atoms with Gasteiger partial charge in [-0.15, -0.1) is 0 Å². The lowest BCUT2D eigenvalue weighted by molar-refractivity contribution is 0.0985. The molecule has 1 amide bonds.